The van der Waals surface area contributed by atoms with Gasteiger partial charge in [-0.25, -0.2) is 0 Å². The molecule has 0 saturated carbocycles. The summed E-state index contributed by atoms with van der Waals surface area (Å²) in [6.45, 7) is 7.45. The van der Waals surface area contributed by atoms with E-state index in [0.717, 1.165) is 6.08 Å². The Morgan fingerprint density at radius 3 is 1.71 bits per heavy atom. The van der Waals surface area contributed by atoms with Crippen molar-refractivity contribution in [3.05, 3.63) is 36.5 Å². The quantitative estimate of drug-likeness (QED) is 0.492. The van der Waals surface area contributed by atoms with Crippen molar-refractivity contribution < 1.29 is 22.0 Å². The number of hydrogen-bond donors (Lipinski definition) is 0. The molecule has 0 atom stereocenters. The molecule has 0 aliphatic heterocycles. The fourth-order valence-electron chi connectivity index (χ4n) is 0.530. The number of halogens is 5. The smallest absolute Gasteiger partial charge is 0.191 e. The van der Waals surface area contributed by atoms with Crippen LogP contribution in [0.3, 0.4) is 0 Å². The first-order valence-electron chi connectivity index (χ1n) is 3.56. The molecule has 0 aromatic carbocycles. The Kier molecular flexibility index (Phi) is 3.62. The molecule has 80 valence electrons. The van der Waals surface area contributed by atoms with E-state index in [1.807, 2.05) is 0 Å². The third kappa shape index (κ3) is 2.97. The van der Waals surface area contributed by atoms with E-state index in [2.05, 4.69) is 13.2 Å². The molecule has 0 rings (SSSR count). The first-order valence-corrected chi connectivity index (χ1v) is 3.56. The van der Waals surface area contributed by atoms with Gasteiger partial charge >= 0.3 is 12.1 Å². The minimum Gasteiger partial charge on any atom is -0.191 e. The average molecular weight is 212 g/mol. The van der Waals surface area contributed by atoms with E-state index >= 15 is 0 Å². The molecule has 0 aromatic rings. The number of rotatable bonds is 3. The summed E-state index contributed by atoms with van der Waals surface area (Å²) in [5.74, 6) is -4.89. The van der Waals surface area contributed by atoms with Crippen molar-refractivity contribution in [1.29, 1.82) is 0 Å². The van der Waals surface area contributed by atoms with Gasteiger partial charge in [-0.1, -0.05) is 30.9 Å². The Morgan fingerprint density at radius 1 is 1.00 bits per heavy atom. The lowest BCUT2D eigenvalue weighted by atomic mass is 10.1. The van der Waals surface area contributed by atoms with Crippen LogP contribution in [0.4, 0.5) is 22.0 Å². The first-order chi connectivity index (χ1) is 6.09. The van der Waals surface area contributed by atoms with Gasteiger partial charge < -0.3 is 0 Å². The third-order valence-corrected chi connectivity index (χ3v) is 1.33. The van der Waals surface area contributed by atoms with E-state index in [0.29, 0.717) is 11.6 Å². The summed E-state index contributed by atoms with van der Waals surface area (Å²) in [5.41, 5.74) is -0.933. The minimum absolute atomic E-state index is 0.365. The van der Waals surface area contributed by atoms with Crippen LogP contribution in [-0.4, -0.2) is 12.1 Å². The van der Waals surface area contributed by atoms with Crippen LogP contribution in [-0.2, 0) is 0 Å². The van der Waals surface area contributed by atoms with Gasteiger partial charge in [0.15, 0.2) is 0 Å². The molecule has 0 radical (unpaired) electrons. The largest absolute Gasteiger partial charge is 0.458 e. The summed E-state index contributed by atoms with van der Waals surface area (Å²) in [6, 6.07) is 0. The summed E-state index contributed by atoms with van der Waals surface area (Å²) in [6.07, 6.45) is -3.96. The maximum absolute atomic E-state index is 12.5. The van der Waals surface area contributed by atoms with Crippen molar-refractivity contribution in [3.8, 4) is 0 Å². The molecule has 14 heavy (non-hydrogen) atoms. The zero-order chi connectivity index (χ0) is 11.6. The van der Waals surface area contributed by atoms with Gasteiger partial charge in [-0.15, -0.1) is 0 Å². The van der Waals surface area contributed by atoms with Gasteiger partial charge in [0, 0.05) is 5.57 Å². The molecule has 0 aromatic heterocycles. The molecule has 0 saturated heterocycles. The number of alkyl halides is 5. The predicted molar refractivity (Wildman–Crippen MR) is 44.1 cm³/mol. The second kappa shape index (κ2) is 3.94. The SMILES string of the molecule is C=C(C)/C=C\C(=C)C(F)(F)C(F)(F)F. The summed E-state index contributed by atoms with van der Waals surface area (Å²) in [7, 11) is 0. The maximum atomic E-state index is 12.5. The summed E-state index contributed by atoms with van der Waals surface area (Å²) < 4.78 is 60.2. The second-order valence-corrected chi connectivity index (χ2v) is 2.78. The van der Waals surface area contributed by atoms with Gasteiger partial charge in [0.05, 0.1) is 0 Å². The van der Waals surface area contributed by atoms with E-state index < -0.39 is 17.7 Å². The van der Waals surface area contributed by atoms with Crippen molar-refractivity contribution >= 4 is 0 Å². The molecule has 0 nitrogen and oxygen atoms in total. The van der Waals surface area contributed by atoms with Crippen LogP contribution >= 0.6 is 0 Å². The van der Waals surface area contributed by atoms with Crippen molar-refractivity contribution in [3.63, 3.8) is 0 Å². The molecule has 5 heteroatoms. The minimum atomic E-state index is -5.61. The summed E-state index contributed by atoms with van der Waals surface area (Å²) in [5, 5.41) is 0. The van der Waals surface area contributed by atoms with Crippen LogP contribution < -0.4 is 0 Å². The second-order valence-electron chi connectivity index (χ2n) is 2.78. The van der Waals surface area contributed by atoms with Crippen LogP contribution in [0.25, 0.3) is 0 Å². The van der Waals surface area contributed by atoms with Gasteiger partial charge in [-0.3, -0.25) is 0 Å². The Labute approximate surface area is 78.4 Å². The molecule has 0 N–H and O–H groups in total. The Bertz CT molecular complexity index is 269. The molecule has 0 amide bonds. The van der Waals surface area contributed by atoms with E-state index in [-0.39, 0.29) is 0 Å². The highest BCUT2D eigenvalue weighted by Gasteiger charge is 2.58. The van der Waals surface area contributed by atoms with Gasteiger partial charge in [0.2, 0.25) is 0 Å². The molecule has 0 spiro atoms. The van der Waals surface area contributed by atoms with Gasteiger partial charge in [-0.2, -0.15) is 22.0 Å². The van der Waals surface area contributed by atoms with Gasteiger partial charge in [-0.05, 0) is 6.92 Å². The van der Waals surface area contributed by atoms with Gasteiger partial charge in [0.1, 0.15) is 0 Å². The first kappa shape index (κ1) is 12.9. The van der Waals surface area contributed by atoms with Crippen molar-refractivity contribution in [2.24, 2.45) is 0 Å². The van der Waals surface area contributed by atoms with Gasteiger partial charge in [0.25, 0.3) is 0 Å². The standard InChI is InChI=1S/C9H9F5/c1-6(2)4-5-7(3)8(10,11)9(12,13)14/h4-5H,1,3H2,2H3/b5-4-. The molecule has 0 unspecified atom stereocenters. The van der Waals surface area contributed by atoms with Crippen molar-refractivity contribution in [2.45, 2.75) is 19.0 Å². The van der Waals surface area contributed by atoms with Crippen molar-refractivity contribution in [1.82, 2.24) is 0 Å². The monoisotopic (exact) mass is 212 g/mol. The predicted octanol–water partition coefficient (Wildman–Crippen LogP) is 3.87. The zero-order valence-corrected chi connectivity index (χ0v) is 7.46. The lowest BCUT2D eigenvalue weighted by Gasteiger charge is -2.19. The molecular formula is C9H9F5. The topological polar surface area (TPSA) is 0 Å². The lowest BCUT2D eigenvalue weighted by molar-refractivity contribution is -0.262. The third-order valence-electron chi connectivity index (χ3n) is 1.33. The normalized spacial score (nSPS) is 13.3. The lowest BCUT2D eigenvalue weighted by Crippen LogP contribution is -2.37. The van der Waals surface area contributed by atoms with Crippen LogP contribution in [0, 0.1) is 0 Å². The van der Waals surface area contributed by atoms with E-state index in [1.54, 1.807) is 0 Å². The summed E-state index contributed by atoms with van der Waals surface area (Å²) in [4.78, 5) is 0. The van der Waals surface area contributed by atoms with E-state index in [9.17, 15) is 22.0 Å². The Hall–Kier alpha value is -1.13. The number of hydrogen-bond acceptors (Lipinski definition) is 0. The Balaban J connectivity index is 4.78. The highest BCUT2D eigenvalue weighted by Crippen LogP contribution is 2.40. The number of allylic oxidation sites excluding steroid dienone is 4. The molecule has 0 aliphatic carbocycles. The van der Waals surface area contributed by atoms with Crippen LogP contribution in [0.2, 0.25) is 0 Å². The zero-order valence-electron chi connectivity index (χ0n) is 7.46. The van der Waals surface area contributed by atoms with Crippen LogP contribution in [0.15, 0.2) is 36.5 Å². The maximum Gasteiger partial charge on any atom is 0.458 e. The van der Waals surface area contributed by atoms with E-state index in [1.165, 1.54) is 6.92 Å². The van der Waals surface area contributed by atoms with Crippen LogP contribution in [0.5, 0.6) is 0 Å². The van der Waals surface area contributed by atoms with E-state index in [4.69, 9.17) is 0 Å². The Morgan fingerprint density at radius 2 is 1.43 bits per heavy atom. The van der Waals surface area contributed by atoms with Crippen molar-refractivity contribution in [2.75, 3.05) is 0 Å². The molecular weight excluding hydrogens is 203 g/mol. The molecule has 0 bridgehead atoms. The molecule has 0 fully saturated rings. The fraction of sp³-hybridized carbons (Fsp3) is 0.333. The average Bonchev–Trinajstić information content (AvgIpc) is 1.97. The molecule has 0 heterocycles. The highest BCUT2D eigenvalue weighted by molar-refractivity contribution is 5.29. The summed E-state index contributed by atoms with van der Waals surface area (Å²) >= 11 is 0. The molecule has 0 aliphatic rings. The van der Waals surface area contributed by atoms with Crippen LogP contribution in [0.1, 0.15) is 6.92 Å². The fourth-order valence-corrected chi connectivity index (χ4v) is 0.530. The highest BCUT2D eigenvalue weighted by atomic mass is 19.4.